The standard InChI is InChI=1S/C17H16F4N2O2/c1-11(24)23-13-4-7-16(15(10-13)17(19,20)21)22-8-9-25-14-5-2-12(18)3-6-14/h2-7,10,22H,8-9H2,1H3,(H,23,24). The molecule has 0 radical (unpaired) electrons. The Morgan fingerprint density at radius 1 is 1.12 bits per heavy atom. The van der Waals surface area contributed by atoms with E-state index in [0.717, 1.165) is 6.07 Å². The van der Waals surface area contributed by atoms with Crippen LogP contribution in [0.25, 0.3) is 0 Å². The number of amides is 1. The van der Waals surface area contributed by atoms with Crippen LogP contribution in [0.3, 0.4) is 0 Å². The molecule has 2 aromatic rings. The summed E-state index contributed by atoms with van der Waals surface area (Å²) in [7, 11) is 0. The fourth-order valence-electron chi connectivity index (χ4n) is 2.10. The predicted octanol–water partition coefficient (Wildman–Crippen LogP) is 4.29. The van der Waals surface area contributed by atoms with Crippen molar-refractivity contribution in [2.45, 2.75) is 13.1 Å². The number of benzene rings is 2. The molecule has 0 saturated heterocycles. The summed E-state index contributed by atoms with van der Waals surface area (Å²) in [6, 6.07) is 8.80. The van der Waals surface area contributed by atoms with E-state index in [1.54, 1.807) is 0 Å². The summed E-state index contributed by atoms with van der Waals surface area (Å²) in [6.07, 6.45) is -4.57. The predicted molar refractivity (Wildman–Crippen MR) is 86.1 cm³/mol. The minimum absolute atomic E-state index is 0.0629. The van der Waals surface area contributed by atoms with Crippen LogP contribution < -0.4 is 15.4 Å². The lowest BCUT2D eigenvalue weighted by atomic mass is 10.1. The van der Waals surface area contributed by atoms with E-state index in [-0.39, 0.29) is 24.5 Å². The minimum Gasteiger partial charge on any atom is -0.492 e. The van der Waals surface area contributed by atoms with Crippen molar-refractivity contribution < 1.29 is 27.1 Å². The van der Waals surface area contributed by atoms with E-state index in [1.165, 1.54) is 43.3 Å². The molecule has 0 unspecified atom stereocenters. The molecule has 134 valence electrons. The first kappa shape index (κ1) is 18.6. The number of alkyl halides is 3. The molecular weight excluding hydrogens is 340 g/mol. The van der Waals surface area contributed by atoms with Crippen molar-refractivity contribution in [2.75, 3.05) is 23.8 Å². The normalized spacial score (nSPS) is 11.1. The number of ether oxygens (including phenoxy) is 1. The van der Waals surface area contributed by atoms with Gasteiger partial charge in [-0.05, 0) is 42.5 Å². The summed E-state index contributed by atoms with van der Waals surface area (Å²) >= 11 is 0. The molecule has 2 N–H and O–H groups in total. The summed E-state index contributed by atoms with van der Waals surface area (Å²) in [4.78, 5) is 11.0. The largest absolute Gasteiger partial charge is 0.492 e. The Balaban J connectivity index is 2.00. The molecule has 0 spiro atoms. The fourth-order valence-corrected chi connectivity index (χ4v) is 2.10. The summed E-state index contributed by atoms with van der Waals surface area (Å²) in [6.45, 7) is 1.42. The molecule has 0 bridgehead atoms. The second kappa shape index (κ2) is 7.87. The summed E-state index contributed by atoms with van der Waals surface area (Å²) in [5.41, 5.74) is -0.947. The number of rotatable bonds is 6. The van der Waals surface area contributed by atoms with E-state index < -0.39 is 23.5 Å². The molecule has 0 saturated carbocycles. The Kier molecular flexibility index (Phi) is 5.84. The SMILES string of the molecule is CC(=O)Nc1ccc(NCCOc2ccc(F)cc2)c(C(F)(F)F)c1. The van der Waals surface area contributed by atoms with Gasteiger partial charge in [0.25, 0.3) is 0 Å². The van der Waals surface area contributed by atoms with Gasteiger partial charge in [0.2, 0.25) is 5.91 Å². The number of anilines is 2. The van der Waals surface area contributed by atoms with Crippen molar-refractivity contribution >= 4 is 17.3 Å². The highest BCUT2D eigenvalue weighted by Gasteiger charge is 2.33. The van der Waals surface area contributed by atoms with Gasteiger partial charge in [0.1, 0.15) is 18.2 Å². The first-order valence-corrected chi connectivity index (χ1v) is 7.37. The zero-order valence-electron chi connectivity index (χ0n) is 13.3. The first-order chi connectivity index (χ1) is 11.8. The Labute approximate surface area is 141 Å². The Morgan fingerprint density at radius 3 is 2.40 bits per heavy atom. The lowest BCUT2D eigenvalue weighted by molar-refractivity contribution is -0.137. The number of carbonyl (C=O) groups is 1. The quantitative estimate of drug-likeness (QED) is 0.600. The van der Waals surface area contributed by atoms with E-state index in [1.807, 2.05) is 0 Å². The second-order valence-corrected chi connectivity index (χ2v) is 5.17. The Hall–Kier alpha value is -2.77. The maximum absolute atomic E-state index is 13.2. The molecule has 0 atom stereocenters. The third-order valence-electron chi connectivity index (χ3n) is 3.15. The van der Waals surface area contributed by atoms with E-state index in [9.17, 15) is 22.4 Å². The minimum atomic E-state index is -4.57. The fraction of sp³-hybridized carbons (Fsp3) is 0.235. The Morgan fingerprint density at radius 2 is 1.80 bits per heavy atom. The maximum atomic E-state index is 13.2. The molecule has 2 aromatic carbocycles. The number of nitrogens with one attached hydrogen (secondary N) is 2. The van der Waals surface area contributed by atoms with Gasteiger partial charge in [-0.2, -0.15) is 13.2 Å². The Bertz CT molecular complexity index is 730. The molecule has 0 fully saturated rings. The number of hydrogen-bond donors (Lipinski definition) is 2. The molecule has 0 aromatic heterocycles. The van der Waals surface area contributed by atoms with Crippen LogP contribution >= 0.6 is 0 Å². The third-order valence-corrected chi connectivity index (χ3v) is 3.15. The van der Waals surface area contributed by atoms with E-state index in [4.69, 9.17) is 4.74 Å². The molecule has 2 rings (SSSR count). The highest BCUT2D eigenvalue weighted by Crippen LogP contribution is 2.36. The first-order valence-electron chi connectivity index (χ1n) is 7.37. The van der Waals surface area contributed by atoms with E-state index in [2.05, 4.69) is 10.6 Å². The van der Waals surface area contributed by atoms with Crippen LogP contribution in [-0.2, 0) is 11.0 Å². The third kappa shape index (κ3) is 5.66. The van der Waals surface area contributed by atoms with Crippen molar-refractivity contribution in [1.29, 1.82) is 0 Å². The van der Waals surface area contributed by atoms with Gasteiger partial charge in [0, 0.05) is 24.8 Å². The molecule has 0 heterocycles. The van der Waals surface area contributed by atoms with Gasteiger partial charge in [-0.3, -0.25) is 4.79 Å². The van der Waals surface area contributed by atoms with E-state index >= 15 is 0 Å². The molecule has 1 amide bonds. The van der Waals surface area contributed by atoms with Gasteiger partial charge in [0.15, 0.2) is 0 Å². The smallest absolute Gasteiger partial charge is 0.418 e. The van der Waals surface area contributed by atoms with Crippen LogP contribution in [0.2, 0.25) is 0 Å². The zero-order chi connectivity index (χ0) is 18.4. The van der Waals surface area contributed by atoms with Crippen LogP contribution in [0.4, 0.5) is 28.9 Å². The molecule has 25 heavy (non-hydrogen) atoms. The van der Waals surface area contributed by atoms with Crippen molar-refractivity contribution in [3.05, 3.63) is 53.8 Å². The van der Waals surface area contributed by atoms with Gasteiger partial charge in [0.05, 0.1) is 5.56 Å². The average Bonchev–Trinajstić information content (AvgIpc) is 2.53. The highest BCUT2D eigenvalue weighted by atomic mass is 19.4. The van der Waals surface area contributed by atoms with Gasteiger partial charge >= 0.3 is 6.18 Å². The zero-order valence-corrected chi connectivity index (χ0v) is 13.3. The number of halogens is 4. The summed E-state index contributed by atoms with van der Waals surface area (Å²) in [5, 5.41) is 4.97. The van der Waals surface area contributed by atoms with Gasteiger partial charge in [-0.15, -0.1) is 0 Å². The number of carbonyl (C=O) groups excluding carboxylic acids is 1. The van der Waals surface area contributed by atoms with Crippen molar-refractivity contribution in [1.82, 2.24) is 0 Å². The topological polar surface area (TPSA) is 50.4 Å². The van der Waals surface area contributed by atoms with Crippen LogP contribution in [0.15, 0.2) is 42.5 Å². The monoisotopic (exact) mass is 356 g/mol. The lowest BCUT2D eigenvalue weighted by Crippen LogP contribution is -2.16. The molecule has 0 aliphatic carbocycles. The van der Waals surface area contributed by atoms with Crippen LogP contribution in [-0.4, -0.2) is 19.1 Å². The van der Waals surface area contributed by atoms with Crippen molar-refractivity contribution in [3.8, 4) is 5.75 Å². The summed E-state index contributed by atoms with van der Waals surface area (Å²) in [5.74, 6) is -0.443. The molecular formula is C17H16F4N2O2. The van der Waals surface area contributed by atoms with Crippen LogP contribution in [0.1, 0.15) is 12.5 Å². The molecule has 0 aliphatic heterocycles. The maximum Gasteiger partial charge on any atom is 0.418 e. The van der Waals surface area contributed by atoms with E-state index in [0.29, 0.717) is 5.75 Å². The average molecular weight is 356 g/mol. The van der Waals surface area contributed by atoms with Crippen LogP contribution in [0, 0.1) is 5.82 Å². The summed E-state index contributed by atoms with van der Waals surface area (Å²) < 4.78 is 57.6. The molecule has 4 nitrogen and oxygen atoms in total. The lowest BCUT2D eigenvalue weighted by Gasteiger charge is -2.16. The van der Waals surface area contributed by atoms with Gasteiger partial charge in [-0.1, -0.05) is 0 Å². The van der Waals surface area contributed by atoms with Gasteiger partial charge < -0.3 is 15.4 Å². The second-order valence-electron chi connectivity index (χ2n) is 5.17. The number of hydrogen-bond acceptors (Lipinski definition) is 3. The van der Waals surface area contributed by atoms with Crippen LogP contribution in [0.5, 0.6) is 5.75 Å². The van der Waals surface area contributed by atoms with Crippen molar-refractivity contribution in [2.24, 2.45) is 0 Å². The highest BCUT2D eigenvalue weighted by molar-refractivity contribution is 5.89. The van der Waals surface area contributed by atoms with Crippen molar-refractivity contribution in [3.63, 3.8) is 0 Å². The molecule has 8 heteroatoms. The molecule has 0 aliphatic rings. The van der Waals surface area contributed by atoms with Gasteiger partial charge in [-0.25, -0.2) is 4.39 Å².